The van der Waals surface area contributed by atoms with Crippen LogP contribution in [0.15, 0.2) is 24.3 Å². The molecule has 2 unspecified atom stereocenters. The van der Waals surface area contributed by atoms with Crippen molar-refractivity contribution in [1.82, 2.24) is 5.32 Å². The molecule has 1 aliphatic rings. The first-order valence-electron chi connectivity index (χ1n) is 8.10. The van der Waals surface area contributed by atoms with Crippen LogP contribution in [0, 0.1) is 5.41 Å². The smallest absolute Gasteiger partial charge is 0.241 e. The molecule has 0 heterocycles. The summed E-state index contributed by atoms with van der Waals surface area (Å²) in [7, 11) is 1.67. The van der Waals surface area contributed by atoms with Gasteiger partial charge >= 0.3 is 0 Å². The van der Waals surface area contributed by atoms with E-state index in [-0.39, 0.29) is 29.8 Å². The molecule has 3 N–H and O–H groups in total. The van der Waals surface area contributed by atoms with Gasteiger partial charge in [-0.3, -0.25) is 4.79 Å². The number of benzene rings is 1. The number of methoxy groups -OCH3 is 1. The number of halogens is 1. The van der Waals surface area contributed by atoms with Crippen molar-refractivity contribution in [3.63, 3.8) is 0 Å². The van der Waals surface area contributed by atoms with Crippen LogP contribution in [0.25, 0.3) is 0 Å². The quantitative estimate of drug-likeness (QED) is 0.786. The lowest BCUT2D eigenvalue weighted by atomic mass is 9.54. The Morgan fingerprint density at radius 2 is 2.04 bits per heavy atom. The second kappa shape index (κ2) is 8.30. The minimum Gasteiger partial charge on any atom is -0.380 e. The molecule has 1 aliphatic carbocycles. The number of carbonyl (C=O) groups excluding carboxylic acids is 1. The van der Waals surface area contributed by atoms with Crippen LogP contribution in [0.2, 0.25) is 0 Å². The van der Waals surface area contributed by atoms with Crippen LogP contribution in [0.4, 0.5) is 0 Å². The standard InChI is InChI=1S/C18H28N2O3.ClH/c1-5-23-15-10-18(19,17(15,2)3)16(21)20-11-13-7-6-8-14(9-13)12-22-4;/h6-9,15H,5,10-12,19H2,1-4H3,(H,20,21);1H. The predicted molar refractivity (Wildman–Crippen MR) is 97.0 cm³/mol. The van der Waals surface area contributed by atoms with Crippen molar-refractivity contribution in [2.75, 3.05) is 13.7 Å². The Morgan fingerprint density at radius 1 is 1.38 bits per heavy atom. The minimum atomic E-state index is -0.878. The Labute approximate surface area is 150 Å². The molecule has 0 saturated heterocycles. The maximum Gasteiger partial charge on any atom is 0.241 e. The lowest BCUT2D eigenvalue weighted by Crippen LogP contribution is -2.75. The SMILES string of the molecule is CCOC1CC(N)(C(=O)NCc2cccc(COC)c2)C1(C)C.Cl. The molecule has 0 aromatic heterocycles. The van der Waals surface area contributed by atoms with Gasteiger partial charge in [0, 0.05) is 32.1 Å². The number of carbonyl (C=O) groups is 1. The Kier molecular flexibility index (Phi) is 7.23. The fraction of sp³-hybridized carbons (Fsp3) is 0.611. The molecule has 0 aliphatic heterocycles. The molecular formula is C18H29ClN2O3. The van der Waals surface area contributed by atoms with Crippen molar-refractivity contribution in [3.05, 3.63) is 35.4 Å². The van der Waals surface area contributed by atoms with E-state index in [0.29, 0.717) is 26.2 Å². The summed E-state index contributed by atoms with van der Waals surface area (Å²) < 4.78 is 10.8. The van der Waals surface area contributed by atoms with Gasteiger partial charge in [-0.15, -0.1) is 12.4 Å². The van der Waals surface area contributed by atoms with Gasteiger partial charge in [0.05, 0.1) is 12.7 Å². The van der Waals surface area contributed by atoms with Crippen LogP contribution in [0.3, 0.4) is 0 Å². The molecule has 1 amide bonds. The first-order chi connectivity index (χ1) is 10.8. The van der Waals surface area contributed by atoms with E-state index < -0.39 is 5.54 Å². The molecule has 0 spiro atoms. The van der Waals surface area contributed by atoms with Gasteiger partial charge in [-0.25, -0.2) is 0 Å². The lowest BCUT2D eigenvalue weighted by Gasteiger charge is -2.57. The average molecular weight is 357 g/mol. The van der Waals surface area contributed by atoms with E-state index in [9.17, 15) is 4.79 Å². The summed E-state index contributed by atoms with van der Waals surface area (Å²) in [5.41, 5.74) is 7.25. The van der Waals surface area contributed by atoms with Crippen molar-refractivity contribution >= 4 is 18.3 Å². The Morgan fingerprint density at radius 3 is 2.62 bits per heavy atom. The molecular weight excluding hydrogens is 328 g/mol. The largest absolute Gasteiger partial charge is 0.380 e. The molecule has 1 saturated carbocycles. The Hall–Kier alpha value is -1.14. The van der Waals surface area contributed by atoms with Gasteiger partial charge in [0.25, 0.3) is 0 Å². The molecule has 5 nitrogen and oxygen atoms in total. The fourth-order valence-electron chi connectivity index (χ4n) is 3.16. The van der Waals surface area contributed by atoms with Crippen LogP contribution in [0.5, 0.6) is 0 Å². The second-order valence-corrected chi connectivity index (χ2v) is 6.78. The molecule has 1 aromatic carbocycles. The van der Waals surface area contributed by atoms with Crippen molar-refractivity contribution in [2.45, 2.75) is 52.0 Å². The normalized spacial score (nSPS) is 24.6. The van der Waals surface area contributed by atoms with E-state index >= 15 is 0 Å². The summed E-state index contributed by atoms with van der Waals surface area (Å²) in [6, 6.07) is 7.98. The predicted octanol–water partition coefficient (Wildman–Crippen LogP) is 2.40. The third kappa shape index (κ3) is 3.91. The molecule has 136 valence electrons. The van der Waals surface area contributed by atoms with Gasteiger partial charge in [-0.2, -0.15) is 0 Å². The summed E-state index contributed by atoms with van der Waals surface area (Å²) in [6.45, 7) is 7.61. The Balaban J connectivity index is 0.00000288. The number of ether oxygens (including phenoxy) is 2. The highest BCUT2D eigenvalue weighted by atomic mass is 35.5. The van der Waals surface area contributed by atoms with E-state index in [1.165, 1.54) is 0 Å². The van der Waals surface area contributed by atoms with Crippen molar-refractivity contribution in [2.24, 2.45) is 11.1 Å². The van der Waals surface area contributed by atoms with E-state index in [1.807, 2.05) is 45.0 Å². The third-order valence-electron chi connectivity index (χ3n) is 4.99. The van der Waals surface area contributed by atoms with Crippen LogP contribution >= 0.6 is 12.4 Å². The van der Waals surface area contributed by atoms with Crippen molar-refractivity contribution in [1.29, 1.82) is 0 Å². The highest BCUT2D eigenvalue weighted by Gasteiger charge is 2.62. The van der Waals surface area contributed by atoms with E-state index in [1.54, 1.807) is 7.11 Å². The summed E-state index contributed by atoms with van der Waals surface area (Å²) in [5, 5.41) is 2.97. The maximum atomic E-state index is 12.6. The van der Waals surface area contributed by atoms with Gasteiger partial charge in [0.1, 0.15) is 5.54 Å². The van der Waals surface area contributed by atoms with Crippen molar-refractivity contribution in [3.8, 4) is 0 Å². The van der Waals surface area contributed by atoms with Crippen LogP contribution in [-0.2, 0) is 27.4 Å². The summed E-state index contributed by atoms with van der Waals surface area (Å²) in [4.78, 5) is 12.6. The van der Waals surface area contributed by atoms with Crippen LogP contribution in [-0.4, -0.2) is 31.3 Å². The molecule has 24 heavy (non-hydrogen) atoms. The fourth-order valence-corrected chi connectivity index (χ4v) is 3.16. The summed E-state index contributed by atoms with van der Waals surface area (Å²) >= 11 is 0. The zero-order valence-electron chi connectivity index (χ0n) is 14.9. The highest BCUT2D eigenvalue weighted by molar-refractivity contribution is 5.88. The molecule has 0 radical (unpaired) electrons. The lowest BCUT2D eigenvalue weighted by molar-refractivity contribution is -0.170. The van der Waals surface area contributed by atoms with Crippen molar-refractivity contribution < 1.29 is 14.3 Å². The van der Waals surface area contributed by atoms with Gasteiger partial charge in [0.2, 0.25) is 5.91 Å². The zero-order chi connectivity index (χ0) is 17.1. The second-order valence-electron chi connectivity index (χ2n) is 6.78. The number of nitrogens with two attached hydrogens (primary N) is 1. The van der Waals surface area contributed by atoms with Crippen LogP contribution in [0.1, 0.15) is 38.3 Å². The average Bonchev–Trinajstić information content (AvgIpc) is 2.53. The Bertz CT molecular complexity index is 565. The number of hydrogen-bond acceptors (Lipinski definition) is 4. The molecule has 6 heteroatoms. The highest BCUT2D eigenvalue weighted by Crippen LogP contribution is 2.49. The maximum absolute atomic E-state index is 12.6. The molecule has 2 rings (SSSR count). The van der Waals surface area contributed by atoms with E-state index in [0.717, 1.165) is 11.1 Å². The van der Waals surface area contributed by atoms with Gasteiger partial charge in [0.15, 0.2) is 0 Å². The topological polar surface area (TPSA) is 73.6 Å². The molecule has 1 aromatic rings. The molecule has 0 bridgehead atoms. The summed E-state index contributed by atoms with van der Waals surface area (Å²) in [5.74, 6) is -0.115. The third-order valence-corrected chi connectivity index (χ3v) is 4.99. The molecule has 1 fully saturated rings. The minimum absolute atomic E-state index is 0. The zero-order valence-corrected chi connectivity index (χ0v) is 15.7. The van der Waals surface area contributed by atoms with E-state index in [2.05, 4.69) is 5.32 Å². The van der Waals surface area contributed by atoms with Gasteiger partial charge in [-0.05, 0) is 18.1 Å². The number of nitrogens with one attached hydrogen (secondary N) is 1. The molecule has 2 atom stereocenters. The van der Waals surface area contributed by atoms with E-state index in [4.69, 9.17) is 15.2 Å². The number of amides is 1. The first-order valence-corrected chi connectivity index (χ1v) is 8.10. The van der Waals surface area contributed by atoms with Crippen LogP contribution < -0.4 is 11.1 Å². The monoisotopic (exact) mass is 356 g/mol. The first kappa shape index (κ1) is 20.9. The summed E-state index contributed by atoms with van der Waals surface area (Å²) in [6.07, 6.45) is 0.594. The van der Waals surface area contributed by atoms with Gasteiger partial charge in [-0.1, -0.05) is 38.1 Å². The number of hydrogen-bond donors (Lipinski definition) is 2. The number of rotatable bonds is 7. The van der Waals surface area contributed by atoms with Gasteiger partial charge < -0.3 is 20.5 Å².